The standard InChI is InChI=1S/C11H23N3S.HI/c1-4-10-9-14(7-8-15-10)11(12-5-2)13-6-3;/h10H,4-9H2,1-3H3,(H,12,13);1H. The third kappa shape index (κ3) is 5.12. The van der Waals surface area contributed by atoms with E-state index in [-0.39, 0.29) is 24.0 Å². The van der Waals surface area contributed by atoms with Crippen LogP contribution in [-0.4, -0.2) is 48.0 Å². The number of aliphatic imine (C=N–C) groups is 1. The first-order chi connectivity index (χ1) is 7.31. The summed E-state index contributed by atoms with van der Waals surface area (Å²) in [6.07, 6.45) is 1.26. The van der Waals surface area contributed by atoms with Gasteiger partial charge in [-0.05, 0) is 20.3 Å². The van der Waals surface area contributed by atoms with Gasteiger partial charge < -0.3 is 10.2 Å². The van der Waals surface area contributed by atoms with Crippen LogP contribution in [0.25, 0.3) is 0 Å². The van der Waals surface area contributed by atoms with Crippen molar-refractivity contribution in [1.82, 2.24) is 10.2 Å². The fourth-order valence-electron chi connectivity index (χ4n) is 1.73. The van der Waals surface area contributed by atoms with Gasteiger partial charge in [-0.25, -0.2) is 0 Å². The predicted molar refractivity (Wildman–Crippen MR) is 85.2 cm³/mol. The van der Waals surface area contributed by atoms with E-state index >= 15 is 0 Å². The van der Waals surface area contributed by atoms with Crippen molar-refractivity contribution >= 4 is 41.7 Å². The zero-order chi connectivity index (χ0) is 11.1. The molecule has 1 aliphatic heterocycles. The monoisotopic (exact) mass is 357 g/mol. The molecule has 1 unspecified atom stereocenters. The summed E-state index contributed by atoms with van der Waals surface area (Å²) in [5.41, 5.74) is 0. The summed E-state index contributed by atoms with van der Waals surface area (Å²) in [5, 5.41) is 4.14. The smallest absolute Gasteiger partial charge is 0.193 e. The third-order valence-electron chi connectivity index (χ3n) is 2.54. The quantitative estimate of drug-likeness (QED) is 0.478. The van der Waals surface area contributed by atoms with E-state index in [1.165, 1.54) is 12.2 Å². The Morgan fingerprint density at radius 1 is 1.44 bits per heavy atom. The molecule has 1 saturated heterocycles. The first kappa shape index (κ1) is 16.4. The fraction of sp³-hybridized carbons (Fsp3) is 0.909. The molecule has 0 saturated carbocycles. The van der Waals surface area contributed by atoms with Crippen molar-refractivity contribution in [1.29, 1.82) is 0 Å². The van der Waals surface area contributed by atoms with Crippen molar-refractivity contribution in [2.24, 2.45) is 4.99 Å². The van der Waals surface area contributed by atoms with Crippen LogP contribution in [0.5, 0.6) is 0 Å². The topological polar surface area (TPSA) is 27.6 Å². The van der Waals surface area contributed by atoms with Gasteiger partial charge in [0.1, 0.15) is 0 Å². The Bertz CT molecular complexity index is 211. The molecule has 0 aliphatic carbocycles. The Morgan fingerprint density at radius 3 is 2.75 bits per heavy atom. The van der Waals surface area contributed by atoms with E-state index in [0.29, 0.717) is 0 Å². The van der Waals surface area contributed by atoms with Gasteiger partial charge in [-0.3, -0.25) is 4.99 Å². The van der Waals surface area contributed by atoms with E-state index in [2.05, 4.69) is 47.7 Å². The Labute approximate surface area is 121 Å². The summed E-state index contributed by atoms with van der Waals surface area (Å²) >= 11 is 2.10. The molecule has 1 aliphatic rings. The molecule has 0 bridgehead atoms. The number of halogens is 1. The molecule has 1 atom stereocenters. The summed E-state index contributed by atoms with van der Waals surface area (Å²) < 4.78 is 0. The van der Waals surface area contributed by atoms with Gasteiger partial charge in [-0.2, -0.15) is 11.8 Å². The lowest BCUT2D eigenvalue weighted by molar-refractivity contribution is 0.408. The molecule has 1 N–H and O–H groups in total. The second-order valence-electron chi connectivity index (χ2n) is 3.68. The van der Waals surface area contributed by atoms with Crippen LogP contribution in [0.4, 0.5) is 0 Å². The fourth-order valence-corrected chi connectivity index (χ4v) is 2.91. The minimum Gasteiger partial charge on any atom is -0.357 e. The van der Waals surface area contributed by atoms with E-state index < -0.39 is 0 Å². The van der Waals surface area contributed by atoms with Crippen molar-refractivity contribution in [3.8, 4) is 0 Å². The second-order valence-corrected chi connectivity index (χ2v) is 5.08. The van der Waals surface area contributed by atoms with E-state index in [9.17, 15) is 0 Å². The summed E-state index contributed by atoms with van der Waals surface area (Å²) in [7, 11) is 0. The molecule has 1 heterocycles. The van der Waals surface area contributed by atoms with Crippen LogP contribution in [-0.2, 0) is 0 Å². The molecule has 5 heteroatoms. The molecular weight excluding hydrogens is 333 g/mol. The highest BCUT2D eigenvalue weighted by Gasteiger charge is 2.20. The Morgan fingerprint density at radius 2 is 2.19 bits per heavy atom. The first-order valence-electron chi connectivity index (χ1n) is 5.96. The number of hydrogen-bond donors (Lipinski definition) is 1. The van der Waals surface area contributed by atoms with Crippen molar-refractivity contribution in [3.05, 3.63) is 0 Å². The maximum atomic E-state index is 4.53. The van der Waals surface area contributed by atoms with E-state index in [1.807, 2.05) is 0 Å². The van der Waals surface area contributed by atoms with Gasteiger partial charge in [0.25, 0.3) is 0 Å². The molecule has 0 aromatic rings. The maximum absolute atomic E-state index is 4.53. The molecular formula is C11H24IN3S. The molecule has 0 radical (unpaired) electrons. The number of thioether (sulfide) groups is 1. The van der Waals surface area contributed by atoms with Gasteiger partial charge in [-0.1, -0.05) is 6.92 Å². The largest absolute Gasteiger partial charge is 0.357 e. The van der Waals surface area contributed by atoms with E-state index in [1.54, 1.807) is 0 Å². The number of rotatable bonds is 3. The molecule has 0 spiro atoms. The average Bonchev–Trinajstić information content (AvgIpc) is 2.29. The SMILES string of the molecule is CCN=C(NCC)N1CCSC(CC)C1.I. The Balaban J connectivity index is 0.00000225. The highest BCUT2D eigenvalue weighted by atomic mass is 127. The van der Waals surface area contributed by atoms with Crippen LogP contribution < -0.4 is 5.32 Å². The lowest BCUT2D eigenvalue weighted by Gasteiger charge is -2.34. The highest BCUT2D eigenvalue weighted by molar-refractivity contribution is 14.0. The van der Waals surface area contributed by atoms with Gasteiger partial charge in [0.2, 0.25) is 0 Å². The third-order valence-corrected chi connectivity index (χ3v) is 3.91. The second kappa shape index (κ2) is 9.39. The lowest BCUT2D eigenvalue weighted by atomic mass is 10.3. The van der Waals surface area contributed by atoms with Gasteiger partial charge in [0.15, 0.2) is 5.96 Å². The van der Waals surface area contributed by atoms with Crippen molar-refractivity contribution in [3.63, 3.8) is 0 Å². The molecule has 1 fully saturated rings. The van der Waals surface area contributed by atoms with Crippen LogP contribution in [0.2, 0.25) is 0 Å². The zero-order valence-corrected chi connectivity index (χ0v) is 13.7. The minimum absolute atomic E-state index is 0. The minimum atomic E-state index is 0. The number of guanidine groups is 1. The molecule has 0 amide bonds. The van der Waals surface area contributed by atoms with Gasteiger partial charge in [-0.15, -0.1) is 24.0 Å². The summed E-state index contributed by atoms with van der Waals surface area (Å²) in [6, 6.07) is 0. The van der Waals surface area contributed by atoms with Crippen molar-refractivity contribution in [2.45, 2.75) is 32.4 Å². The number of nitrogens with zero attached hydrogens (tertiary/aromatic N) is 2. The van der Waals surface area contributed by atoms with Crippen LogP contribution in [0.1, 0.15) is 27.2 Å². The van der Waals surface area contributed by atoms with Crippen LogP contribution in [0, 0.1) is 0 Å². The average molecular weight is 357 g/mol. The Kier molecular flexibility index (Phi) is 9.59. The first-order valence-corrected chi connectivity index (χ1v) is 7.01. The molecule has 1 rings (SSSR count). The zero-order valence-electron chi connectivity index (χ0n) is 10.5. The molecule has 0 aromatic heterocycles. The molecule has 3 nitrogen and oxygen atoms in total. The predicted octanol–water partition coefficient (Wildman–Crippen LogP) is 2.42. The van der Waals surface area contributed by atoms with Crippen molar-refractivity contribution in [2.75, 3.05) is 31.9 Å². The molecule has 96 valence electrons. The number of nitrogens with one attached hydrogen (secondary N) is 1. The van der Waals surface area contributed by atoms with Gasteiger partial charge in [0, 0.05) is 37.2 Å². The maximum Gasteiger partial charge on any atom is 0.193 e. The summed E-state index contributed by atoms with van der Waals surface area (Å²) in [6.45, 7) is 10.6. The van der Waals surface area contributed by atoms with E-state index in [4.69, 9.17) is 0 Å². The van der Waals surface area contributed by atoms with Gasteiger partial charge >= 0.3 is 0 Å². The van der Waals surface area contributed by atoms with Crippen LogP contribution in [0.3, 0.4) is 0 Å². The molecule has 0 aromatic carbocycles. The highest BCUT2D eigenvalue weighted by Crippen LogP contribution is 2.20. The lowest BCUT2D eigenvalue weighted by Crippen LogP contribution is -2.48. The summed E-state index contributed by atoms with van der Waals surface area (Å²) in [4.78, 5) is 6.93. The van der Waals surface area contributed by atoms with Crippen LogP contribution >= 0.6 is 35.7 Å². The number of hydrogen-bond acceptors (Lipinski definition) is 2. The van der Waals surface area contributed by atoms with E-state index in [0.717, 1.165) is 37.4 Å². The Hall–Kier alpha value is 0.350. The normalized spacial score (nSPS) is 21.6. The summed E-state index contributed by atoms with van der Waals surface area (Å²) in [5.74, 6) is 2.32. The van der Waals surface area contributed by atoms with Crippen LogP contribution in [0.15, 0.2) is 4.99 Å². The molecule has 16 heavy (non-hydrogen) atoms. The van der Waals surface area contributed by atoms with Gasteiger partial charge in [0.05, 0.1) is 0 Å². The van der Waals surface area contributed by atoms with Crippen molar-refractivity contribution < 1.29 is 0 Å².